The normalized spacial score (nSPS) is 19.4. The summed E-state index contributed by atoms with van der Waals surface area (Å²) in [5, 5.41) is 6.26. The Morgan fingerprint density at radius 2 is 1.75 bits per heavy atom. The Bertz CT molecular complexity index is 692. The molecule has 1 heterocycles. The van der Waals surface area contributed by atoms with Crippen LogP contribution in [0.15, 0.2) is 48.5 Å². The lowest BCUT2D eigenvalue weighted by atomic mass is 9.98. The minimum Gasteiger partial charge on any atom is -0.449 e. The number of benzene rings is 2. The van der Waals surface area contributed by atoms with Crippen molar-refractivity contribution >= 4 is 6.09 Å². The van der Waals surface area contributed by atoms with Gasteiger partial charge in [0.05, 0.1) is 0 Å². The van der Waals surface area contributed by atoms with E-state index in [1.54, 1.807) is 0 Å². The Balaban J connectivity index is 1.45. The topological polar surface area (TPSA) is 50.4 Å². The Morgan fingerprint density at radius 1 is 1.08 bits per heavy atom. The first-order valence-corrected chi connectivity index (χ1v) is 8.65. The molecule has 1 saturated heterocycles. The highest BCUT2D eigenvalue weighted by molar-refractivity contribution is 5.79. The number of ether oxygens (including phenoxy) is 1. The summed E-state index contributed by atoms with van der Waals surface area (Å²) in [6.07, 6.45) is 1.79. The molecule has 0 saturated carbocycles. The molecular weight excluding hydrogens is 300 g/mol. The molecule has 1 amide bonds. The third-order valence-electron chi connectivity index (χ3n) is 4.96. The lowest BCUT2D eigenvalue weighted by molar-refractivity contribution is 0.137. The van der Waals surface area contributed by atoms with Crippen LogP contribution in [-0.2, 0) is 4.74 Å². The minimum atomic E-state index is -0.314. The van der Waals surface area contributed by atoms with Gasteiger partial charge in [0.1, 0.15) is 6.61 Å². The molecule has 0 bridgehead atoms. The van der Waals surface area contributed by atoms with Crippen LogP contribution in [0.25, 0.3) is 11.1 Å². The van der Waals surface area contributed by atoms with Gasteiger partial charge >= 0.3 is 6.09 Å². The van der Waals surface area contributed by atoms with Gasteiger partial charge in [0.2, 0.25) is 0 Å². The molecule has 124 valence electrons. The van der Waals surface area contributed by atoms with Gasteiger partial charge in [-0.3, -0.25) is 0 Å². The molecule has 2 N–H and O–H groups in total. The second-order valence-corrected chi connectivity index (χ2v) is 6.51. The van der Waals surface area contributed by atoms with Crippen LogP contribution in [-0.4, -0.2) is 31.8 Å². The molecule has 2 aromatic carbocycles. The molecule has 4 heteroatoms. The van der Waals surface area contributed by atoms with Crippen molar-refractivity contribution in [2.45, 2.75) is 24.8 Å². The number of fused-ring (bicyclic) bond motifs is 3. The Hall–Kier alpha value is -2.33. The van der Waals surface area contributed by atoms with Crippen molar-refractivity contribution < 1.29 is 9.53 Å². The van der Waals surface area contributed by atoms with Gasteiger partial charge in [0.15, 0.2) is 0 Å². The van der Waals surface area contributed by atoms with Crippen LogP contribution in [0.1, 0.15) is 29.9 Å². The van der Waals surface area contributed by atoms with Gasteiger partial charge < -0.3 is 15.4 Å². The minimum absolute atomic E-state index is 0.118. The molecule has 0 spiro atoms. The molecule has 1 aliphatic heterocycles. The number of nitrogens with one attached hydrogen (secondary N) is 2. The van der Waals surface area contributed by atoms with E-state index in [-0.39, 0.29) is 18.1 Å². The maximum Gasteiger partial charge on any atom is 0.407 e. The zero-order valence-corrected chi connectivity index (χ0v) is 13.6. The summed E-state index contributed by atoms with van der Waals surface area (Å²) in [5.74, 6) is 0.118. The lowest BCUT2D eigenvalue weighted by Crippen LogP contribution is -2.45. The third-order valence-corrected chi connectivity index (χ3v) is 4.96. The number of alkyl carbamates (subject to hydrolysis) is 1. The van der Waals surface area contributed by atoms with Crippen molar-refractivity contribution in [2.24, 2.45) is 0 Å². The number of amides is 1. The molecule has 0 unspecified atom stereocenters. The molecule has 24 heavy (non-hydrogen) atoms. The number of rotatable bonds is 3. The fraction of sp³-hybridized carbons (Fsp3) is 0.350. The largest absolute Gasteiger partial charge is 0.449 e. The van der Waals surface area contributed by atoms with Crippen molar-refractivity contribution in [3.05, 3.63) is 59.7 Å². The third kappa shape index (κ3) is 2.89. The van der Waals surface area contributed by atoms with Crippen LogP contribution >= 0.6 is 0 Å². The summed E-state index contributed by atoms with van der Waals surface area (Å²) in [5.41, 5.74) is 4.98. The summed E-state index contributed by atoms with van der Waals surface area (Å²) < 4.78 is 5.56. The standard InChI is InChI=1S/C20H22N2O2/c23-20(22-14-6-5-11-21-12-14)24-13-19-17-9-3-1-7-15(17)16-8-2-4-10-18(16)19/h1-4,7-10,14,19,21H,5-6,11-13H2,(H,22,23)/t14-/m1/s1. The van der Waals surface area contributed by atoms with Gasteiger partial charge in [-0.1, -0.05) is 48.5 Å². The highest BCUT2D eigenvalue weighted by Gasteiger charge is 2.29. The molecule has 2 aromatic rings. The van der Waals surface area contributed by atoms with E-state index >= 15 is 0 Å². The van der Waals surface area contributed by atoms with Gasteiger partial charge in [-0.05, 0) is 41.6 Å². The van der Waals surface area contributed by atoms with Crippen LogP contribution in [0.5, 0.6) is 0 Å². The van der Waals surface area contributed by atoms with E-state index < -0.39 is 0 Å². The highest BCUT2D eigenvalue weighted by atomic mass is 16.5. The van der Waals surface area contributed by atoms with Crippen LogP contribution in [0.2, 0.25) is 0 Å². The van der Waals surface area contributed by atoms with Crippen molar-refractivity contribution in [2.75, 3.05) is 19.7 Å². The van der Waals surface area contributed by atoms with E-state index in [0.717, 1.165) is 25.9 Å². The van der Waals surface area contributed by atoms with Gasteiger partial charge in [-0.2, -0.15) is 0 Å². The second kappa shape index (κ2) is 6.65. The molecule has 0 radical (unpaired) electrons. The van der Waals surface area contributed by atoms with E-state index in [9.17, 15) is 4.79 Å². The average Bonchev–Trinajstić information content (AvgIpc) is 2.95. The van der Waals surface area contributed by atoms with Crippen molar-refractivity contribution in [1.82, 2.24) is 10.6 Å². The summed E-state index contributed by atoms with van der Waals surface area (Å²) >= 11 is 0. The van der Waals surface area contributed by atoms with Gasteiger partial charge in [-0.15, -0.1) is 0 Å². The molecule has 1 fully saturated rings. The monoisotopic (exact) mass is 322 g/mol. The average molecular weight is 322 g/mol. The Morgan fingerprint density at radius 3 is 2.38 bits per heavy atom. The Labute approximate surface area is 142 Å². The summed E-state index contributed by atoms with van der Waals surface area (Å²) in [7, 11) is 0. The number of piperidine rings is 1. The van der Waals surface area contributed by atoms with E-state index in [4.69, 9.17) is 4.74 Å². The number of carbonyl (C=O) groups excluding carboxylic acids is 1. The molecule has 4 nitrogen and oxygen atoms in total. The van der Waals surface area contributed by atoms with Crippen molar-refractivity contribution in [3.63, 3.8) is 0 Å². The van der Waals surface area contributed by atoms with Crippen LogP contribution in [0.3, 0.4) is 0 Å². The zero-order chi connectivity index (χ0) is 16.4. The Kier molecular flexibility index (Phi) is 4.22. The molecule has 1 aliphatic carbocycles. The fourth-order valence-corrected chi connectivity index (χ4v) is 3.78. The van der Waals surface area contributed by atoms with E-state index in [1.165, 1.54) is 22.3 Å². The zero-order valence-electron chi connectivity index (χ0n) is 13.6. The number of carbonyl (C=O) groups is 1. The first kappa shape index (κ1) is 15.2. The summed E-state index contributed by atoms with van der Waals surface area (Å²) in [6, 6.07) is 16.9. The molecule has 1 atom stereocenters. The van der Waals surface area contributed by atoms with Crippen LogP contribution < -0.4 is 10.6 Å². The molecule has 0 aromatic heterocycles. The van der Waals surface area contributed by atoms with Gasteiger partial charge in [0.25, 0.3) is 0 Å². The highest BCUT2D eigenvalue weighted by Crippen LogP contribution is 2.44. The van der Waals surface area contributed by atoms with Crippen LogP contribution in [0, 0.1) is 0 Å². The summed E-state index contributed by atoms with van der Waals surface area (Å²) in [6.45, 7) is 2.23. The lowest BCUT2D eigenvalue weighted by Gasteiger charge is -2.24. The van der Waals surface area contributed by atoms with Crippen LogP contribution in [0.4, 0.5) is 4.79 Å². The first-order valence-electron chi connectivity index (χ1n) is 8.65. The first-order chi connectivity index (χ1) is 11.8. The molecular formula is C20H22N2O2. The maximum atomic E-state index is 12.1. The van der Waals surface area contributed by atoms with Crippen molar-refractivity contribution in [3.8, 4) is 11.1 Å². The predicted octanol–water partition coefficient (Wildman–Crippen LogP) is 3.28. The summed E-state index contributed by atoms with van der Waals surface area (Å²) in [4.78, 5) is 12.1. The van der Waals surface area contributed by atoms with Crippen molar-refractivity contribution in [1.29, 1.82) is 0 Å². The smallest absolute Gasteiger partial charge is 0.407 e. The predicted molar refractivity (Wildman–Crippen MR) is 94.1 cm³/mol. The fourth-order valence-electron chi connectivity index (χ4n) is 3.78. The van der Waals surface area contributed by atoms with Gasteiger partial charge in [0, 0.05) is 18.5 Å². The van der Waals surface area contributed by atoms with E-state index in [2.05, 4.69) is 47.0 Å². The second-order valence-electron chi connectivity index (χ2n) is 6.51. The number of hydrogen-bond donors (Lipinski definition) is 2. The van der Waals surface area contributed by atoms with E-state index in [1.807, 2.05) is 12.1 Å². The molecule has 2 aliphatic rings. The quantitative estimate of drug-likeness (QED) is 0.912. The maximum absolute atomic E-state index is 12.1. The number of hydrogen-bond acceptors (Lipinski definition) is 3. The molecule has 4 rings (SSSR count). The van der Waals surface area contributed by atoms with Gasteiger partial charge in [-0.25, -0.2) is 4.79 Å². The van der Waals surface area contributed by atoms with E-state index in [0.29, 0.717) is 6.61 Å². The SMILES string of the molecule is O=C(N[C@@H]1CCCNC1)OCC1c2ccccc2-c2ccccc21.